The summed E-state index contributed by atoms with van der Waals surface area (Å²) in [5.41, 5.74) is 0.105. The van der Waals surface area contributed by atoms with Crippen LogP contribution in [0.25, 0.3) is 0 Å². The second-order valence-electron chi connectivity index (χ2n) is 5.00. The average Bonchev–Trinajstić information content (AvgIpc) is 2.86. The van der Waals surface area contributed by atoms with Crippen LogP contribution >= 0.6 is 0 Å². The molecule has 1 heterocycles. The van der Waals surface area contributed by atoms with E-state index in [1.54, 1.807) is 0 Å². The monoisotopic (exact) mass is 294 g/mol. The number of hydrogen-bond acceptors (Lipinski definition) is 4. The topological polar surface area (TPSA) is 89.9 Å². The Morgan fingerprint density at radius 1 is 1.43 bits per heavy atom. The number of carbonyl (C=O) groups is 2. The van der Waals surface area contributed by atoms with E-state index < -0.39 is 24.8 Å². The highest BCUT2D eigenvalue weighted by Crippen LogP contribution is 2.23. The van der Waals surface area contributed by atoms with Gasteiger partial charge < -0.3 is 20.3 Å². The molecule has 1 atom stereocenters. The number of rotatable bonds is 3. The summed E-state index contributed by atoms with van der Waals surface area (Å²) in [6.45, 7) is 1.66. The molecule has 1 aliphatic heterocycles. The number of nitrogens with zero attached hydrogens (tertiary/aromatic N) is 1. The third kappa shape index (κ3) is 3.40. The molecule has 2 amide bonds. The first-order valence-corrected chi connectivity index (χ1v) is 6.64. The predicted molar refractivity (Wildman–Crippen MR) is 75.0 cm³/mol. The molecule has 1 fully saturated rings. The Hall–Kier alpha value is -1.93. The SMILES string of the molecule is CC(=O)Nc1ccc(C(=O)N2CCC[C@H]2B(O)O)c(F)c1. The highest BCUT2D eigenvalue weighted by molar-refractivity contribution is 6.43. The standard InChI is InChI=1S/C13H16BFN2O4/c1-8(18)16-9-4-5-10(11(15)7-9)13(19)17-6-2-3-12(17)14(20)21/h4-5,7,12,20-21H,2-3,6H2,1H3,(H,16,18)/t12-/m0/s1. The minimum absolute atomic E-state index is 0.156. The molecule has 1 saturated heterocycles. The number of anilines is 1. The fourth-order valence-corrected chi connectivity index (χ4v) is 2.48. The van der Waals surface area contributed by atoms with Crippen LogP contribution in [0.15, 0.2) is 18.2 Å². The van der Waals surface area contributed by atoms with Crippen molar-refractivity contribution in [3.63, 3.8) is 0 Å². The Morgan fingerprint density at radius 3 is 2.71 bits per heavy atom. The van der Waals surface area contributed by atoms with Crippen molar-refractivity contribution in [2.75, 3.05) is 11.9 Å². The van der Waals surface area contributed by atoms with Gasteiger partial charge >= 0.3 is 7.12 Å². The predicted octanol–water partition coefficient (Wildman–Crippen LogP) is 0.401. The highest BCUT2D eigenvalue weighted by Gasteiger charge is 2.37. The molecule has 2 rings (SSSR count). The molecule has 21 heavy (non-hydrogen) atoms. The molecule has 0 saturated carbocycles. The summed E-state index contributed by atoms with van der Waals surface area (Å²) in [5.74, 6) is -2.40. The van der Waals surface area contributed by atoms with Gasteiger partial charge in [0.05, 0.1) is 11.5 Å². The molecule has 0 aliphatic carbocycles. The fourth-order valence-electron chi connectivity index (χ4n) is 2.48. The van der Waals surface area contributed by atoms with Gasteiger partial charge in [-0.05, 0) is 31.0 Å². The van der Waals surface area contributed by atoms with Crippen LogP contribution in [0.3, 0.4) is 0 Å². The van der Waals surface area contributed by atoms with Crippen LogP contribution in [0.1, 0.15) is 30.1 Å². The summed E-state index contributed by atoms with van der Waals surface area (Å²) < 4.78 is 14.0. The molecule has 0 spiro atoms. The third-order valence-electron chi connectivity index (χ3n) is 3.42. The molecule has 6 nitrogen and oxygen atoms in total. The number of nitrogens with one attached hydrogen (secondary N) is 1. The Balaban J connectivity index is 2.21. The lowest BCUT2D eigenvalue weighted by Crippen LogP contribution is -2.45. The molecular weight excluding hydrogens is 278 g/mol. The smallest absolute Gasteiger partial charge is 0.426 e. The van der Waals surface area contributed by atoms with Gasteiger partial charge in [-0.1, -0.05) is 0 Å². The van der Waals surface area contributed by atoms with Gasteiger partial charge in [0, 0.05) is 19.2 Å². The highest BCUT2D eigenvalue weighted by atomic mass is 19.1. The van der Waals surface area contributed by atoms with Gasteiger partial charge in [0.1, 0.15) is 5.82 Å². The number of carbonyl (C=O) groups excluding carboxylic acids is 2. The zero-order valence-electron chi connectivity index (χ0n) is 11.5. The minimum atomic E-state index is -1.64. The summed E-state index contributed by atoms with van der Waals surface area (Å²) in [7, 11) is -1.64. The van der Waals surface area contributed by atoms with Crippen molar-refractivity contribution in [1.29, 1.82) is 0 Å². The van der Waals surface area contributed by atoms with Gasteiger partial charge in [0.15, 0.2) is 0 Å². The van der Waals surface area contributed by atoms with Gasteiger partial charge in [0.25, 0.3) is 5.91 Å². The molecule has 1 aromatic rings. The lowest BCUT2D eigenvalue weighted by atomic mass is 9.78. The first-order chi connectivity index (χ1) is 9.90. The summed E-state index contributed by atoms with van der Waals surface area (Å²) in [5, 5.41) is 20.9. The molecule has 0 aromatic heterocycles. The summed E-state index contributed by atoms with van der Waals surface area (Å²) in [4.78, 5) is 24.5. The van der Waals surface area contributed by atoms with E-state index in [9.17, 15) is 24.0 Å². The second kappa shape index (κ2) is 6.23. The third-order valence-corrected chi connectivity index (χ3v) is 3.42. The van der Waals surface area contributed by atoms with Gasteiger partial charge in [0.2, 0.25) is 5.91 Å². The van der Waals surface area contributed by atoms with E-state index in [0.29, 0.717) is 19.4 Å². The van der Waals surface area contributed by atoms with Crippen molar-refractivity contribution in [3.05, 3.63) is 29.6 Å². The molecule has 0 unspecified atom stereocenters. The molecule has 0 radical (unpaired) electrons. The van der Waals surface area contributed by atoms with E-state index >= 15 is 0 Å². The maximum absolute atomic E-state index is 14.0. The largest absolute Gasteiger partial charge is 0.475 e. The van der Waals surface area contributed by atoms with E-state index in [1.807, 2.05) is 0 Å². The van der Waals surface area contributed by atoms with Crippen LogP contribution < -0.4 is 5.32 Å². The molecule has 0 bridgehead atoms. The minimum Gasteiger partial charge on any atom is -0.426 e. The molecule has 112 valence electrons. The van der Waals surface area contributed by atoms with Crippen molar-refractivity contribution in [1.82, 2.24) is 4.90 Å². The van der Waals surface area contributed by atoms with Crippen molar-refractivity contribution < 1.29 is 24.0 Å². The molecule has 8 heteroatoms. The van der Waals surface area contributed by atoms with Gasteiger partial charge in [-0.15, -0.1) is 0 Å². The van der Waals surface area contributed by atoms with Gasteiger partial charge in [-0.2, -0.15) is 0 Å². The Labute approximate surface area is 121 Å². The molecular formula is C13H16BFN2O4. The maximum atomic E-state index is 14.0. The average molecular weight is 294 g/mol. The first-order valence-electron chi connectivity index (χ1n) is 6.64. The summed E-state index contributed by atoms with van der Waals surface area (Å²) in [6.07, 6.45) is 1.11. The second-order valence-corrected chi connectivity index (χ2v) is 5.00. The van der Waals surface area contributed by atoms with Crippen LogP contribution in [0.5, 0.6) is 0 Å². The van der Waals surface area contributed by atoms with E-state index in [-0.39, 0.29) is 17.2 Å². The van der Waals surface area contributed by atoms with E-state index in [0.717, 1.165) is 6.07 Å². The zero-order valence-corrected chi connectivity index (χ0v) is 11.5. The van der Waals surface area contributed by atoms with Crippen LogP contribution in [0.2, 0.25) is 0 Å². The number of likely N-dealkylation sites (tertiary alicyclic amines) is 1. The molecule has 3 N–H and O–H groups in total. The van der Waals surface area contributed by atoms with E-state index in [4.69, 9.17) is 0 Å². The molecule has 1 aliphatic rings. The Morgan fingerprint density at radius 2 is 2.14 bits per heavy atom. The van der Waals surface area contributed by atoms with E-state index in [1.165, 1.54) is 24.0 Å². The molecule has 1 aromatic carbocycles. The summed E-state index contributed by atoms with van der Waals surface area (Å²) >= 11 is 0. The van der Waals surface area contributed by atoms with Crippen LogP contribution in [-0.2, 0) is 4.79 Å². The first kappa shape index (κ1) is 15.5. The normalized spacial score (nSPS) is 17.7. The fraction of sp³-hybridized carbons (Fsp3) is 0.385. The van der Waals surface area contributed by atoms with Crippen LogP contribution in [0.4, 0.5) is 10.1 Å². The number of amides is 2. The lowest BCUT2D eigenvalue weighted by Gasteiger charge is -2.24. The maximum Gasteiger partial charge on any atom is 0.475 e. The number of hydrogen-bond donors (Lipinski definition) is 3. The van der Waals surface area contributed by atoms with Crippen LogP contribution in [-0.4, -0.2) is 46.4 Å². The number of benzene rings is 1. The zero-order chi connectivity index (χ0) is 15.6. The van der Waals surface area contributed by atoms with Gasteiger partial charge in [-0.3, -0.25) is 9.59 Å². The quantitative estimate of drug-likeness (QED) is 0.704. The van der Waals surface area contributed by atoms with Crippen molar-refractivity contribution in [3.8, 4) is 0 Å². The van der Waals surface area contributed by atoms with Crippen molar-refractivity contribution in [2.45, 2.75) is 25.7 Å². The van der Waals surface area contributed by atoms with Gasteiger partial charge in [-0.25, -0.2) is 4.39 Å². The number of halogens is 1. The Kier molecular flexibility index (Phi) is 4.59. The lowest BCUT2D eigenvalue weighted by molar-refractivity contribution is -0.114. The Bertz CT molecular complexity index is 567. The van der Waals surface area contributed by atoms with Crippen molar-refractivity contribution in [2.24, 2.45) is 0 Å². The van der Waals surface area contributed by atoms with Crippen LogP contribution in [0, 0.1) is 5.82 Å². The summed E-state index contributed by atoms with van der Waals surface area (Å²) in [6, 6.07) is 3.77. The van der Waals surface area contributed by atoms with E-state index in [2.05, 4.69) is 5.32 Å². The van der Waals surface area contributed by atoms with Crippen molar-refractivity contribution >= 4 is 24.6 Å².